The van der Waals surface area contributed by atoms with Gasteiger partial charge in [-0.25, -0.2) is 0 Å². The number of ether oxygens (including phenoxy) is 2. The number of carbonyl (C=O) groups is 2. The molecule has 6 heteroatoms. The number of hydrogen-bond acceptors (Lipinski definition) is 5. The molecule has 0 aliphatic rings. The molecule has 0 aliphatic heterocycles. The summed E-state index contributed by atoms with van der Waals surface area (Å²) in [6.45, 7) is 6.59. The van der Waals surface area contributed by atoms with Crippen LogP contribution in [0.2, 0.25) is 19.6 Å². The van der Waals surface area contributed by atoms with Crippen molar-refractivity contribution in [3.63, 3.8) is 0 Å². The third-order valence-electron chi connectivity index (χ3n) is 3.09. The van der Waals surface area contributed by atoms with Crippen molar-refractivity contribution >= 4 is 25.4 Å². The van der Waals surface area contributed by atoms with Gasteiger partial charge in [-0.15, -0.1) is 0 Å². The maximum Gasteiger partial charge on any atom is 0.320 e. The van der Waals surface area contributed by atoms with Gasteiger partial charge in [0.1, 0.15) is 8.07 Å². The Balaban J connectivity index is 2.70. The summed E-state index contributed by atoms with van der Waals surface area (Å²) in [6.07, 6.45) is 2.62. The molecular formula is C14H22O5Si. The van der Waals surface area contributed by atoms with Crippen molar-refractivity contribution < 1.29 is 23.5 Å². The van der Waals surface area contributed by atoms with Crippen LogP contribution in [-0.2, 0) is 25.5 Å². The summed E-state index contributed by atoms with van der Waals surface area (Å²) in [5, 5.41) is 1.01. The molecule has 5 nitrogen and oxygen atoms in total. The highest BCUT2D eigenvalue weighted by Crippen LogP contribution is 2.14. The molecule has 20 heavy (non-hydrogen) atoms. The van der Waals surface area contributed by atoms with Crippen LogP contribution < -0.4 is 5.38 Å². The van der Waals surface area contributed by atoms with E-state index in [-0.39, 0.29) is 0 Å². The van der Waals surface area contributed by atoms with E-state index in [1.807, 2.05) is 6.07 Å². The van der Waals surface area contributed by atoms with Gasteiger partial charge in [-0.05, 0) is 24.5 Å². The summed E-state index contributed by atoms with van der Waals surface area (Å²) in [5.41, 5.74) is 0.986. The van der Waals surface area contributed by atoms with E-state index in [2.05, 4.69) is 29.1 Å². The molecule has 0 radical (unpaired) electrons. The normalized spacial score (nSPS) is 11.5. The molecule has 0 aromatic carbocycles. The smallest absolute Gasteiger partial charge is 0.320 e. The first-order chi connectivity index (χ1) is 9.29. The first-order valence-electron chi connectivity index (χ1n) is 6.53. The van der Waals surface area contributed by atoms with E-state index in [1.54, 1.807) is 6.26 Å². The van der Waals surface area contributed by atoms with E-state index < -0.39 is 25.9 Å². The van der Waals surface area contributed by atoms with Gasteiger partial charge in [0, 0.05) is 0 Å². The minimum Gasteiger partial charge on any atom is -0.474 e. The zero-order chi connectivity index (χ0) is 15.3. The van der Waals surface area contributed by atoms with Crippen LogP contribution in [0, 0.1) is 5.92 Å². The molecule has 1 aromatic heterocycles. The molecule has 1 heterocycles. The van der Waals surface area contributed by atoms with Gasteiger partial charge in [0.2, 0.25) is 0 Å². The number of methoxy groups -OCH3 is 2. The highest BCUT2D eigenvalue weighted by atomic mass is 28.3. The van der Waals surface area contributed by atoms with Gasteiger partial charge >= 0.3 is 11.9 Å². The minimum atomic E-state index is -1.48. The highest BCUT2D eigenvalue weighted by molar-refractivity contribution is 6.87. The van der Waals surface area contributed by atoms with E-state index in [9.17, 15) is 9.59 Å². The average molecular weight is 298 g/mol. The second-order valence-corrected chi connectivity index (χ2v) is 10.7. The van der Waals surface area contributed by atoms with Crippen LogP contribution in [0.1, 0.15) is 12.0 Å². The number of hydrogen-bond donors (Lipinski definition) is 0. The predicted octanol–water partition coefficient (Wildman–Crippen LogP) is 1.72. The van der Waals surface area contributed by atoms with Crippen LogP contribution in [0.3, 0.4) is 0 Å². The van der Waals surface area contributed by atoms with Crippen LogP contribution in [0.4, 0.5) is 0 Å². The number of esters is 2. The van der Waals surface area contributed by atoms with Gasteiger partial charge in [0.05, 0.1) is 25.9 Å². The number of aryl methyl sites for hydroxylation is 1. The Hall–Kier alpha value is -1.56. The molecule has 0 N–H and O–H groups in total. The van der Waals surface area contributed by atoms with E-state index in [0.717, 1.165) is 10.9 Å². The van der Waals surface area contributed by atoms with Gasteiger partial charge in [0.15, 0.2) is 5.92 Å². The van der Waals surface area contributed by atoms with Gasteiger partial charge in [-0.3, -0.25) is 9.59 Å². The summed E-state index contributed by atoms with van der Waals surface area (Å²) < 4.78 is 14.8. The standard InChI is InChI=1S/C14H22O5Si/c1-17-13(15)11(14(16)18-2)7-6-10-8-12(19-9-10)20(3,4)5/h8-9,11H,6-7H2,1-5H3. The molecule has 0 spiro atoms. The fourth-order valence-corrected chi connectivity index (χ4v) is 2.86. The lowest BCUT2D eigenvalue weighted by Crippen LogP contribution is -2.36. The van der Waals surface area contributed by atoms with Crippen molar-refractivity contribution in [2.45, 2.75) is 32.5 Å². The third-order valence-corrected chi connectivity index (χ3v) is 4.83. The fraction of sp³-hybridized carbons (Fsp3) is 0.571. The molecule has 0 amide bonds. The monoisotopic (exact) mass is 298 g/mol. The molecule has 1 aromatic rings. The van der Waals surface area contributed by atoms with Crippen molar-refractivity contribution in [2.24, 2.45) is 5.92 Å². The van der Waals surface area contributed by atoms with Gasteiger partial charge in [0.25, 0.3) is 0 Å². The summed E-state index contributed by atoms with van der Waals surface area (Å²) in [4.78, 5) is 23.1. The summed E-state index contributed by atoms with van der Waals surface area (Å²) in [6, 6.07) is 2.01. The molecule has 0 saturated carbocycles. The Morgan fingerprint density at radius 3 is 2.15 bits per heavy atom. The Kier molecular flexibility index (Phi) is 5.56. The first kappa shape index (κ1) is 16.5. The van der Waals surface area contributed by atoms with Crippen LogP contribution in [0.25, 0.3) is 0 Å². The molecule has 0 bridgehead atoms. The first-order valence-corrected chi connectivity index (χ1v) is 10.0. The summed E-state index contributed by atoms with van der Waals surface area (Å²) >= 11 is 0. The van der Waals surface area contributed by atoms with Crippen molar-refractivity contribution in [2.75, 3.05) is 14.2 Å². The Morgan fingerprint density at radius 1 is 1.20 bits per heavy atom. The molecule has 1 rings (SSSR count). The zero-order valence-corrected chi connectivity index (χ0v) is 13.7. The van der Waals surface area contributed by atoms with Crippen LogP contribution in [-0.4, -0.2) is 34.2 Å². The third kappa shape index (κ3) is 4.23. The lowest BCUT2D eigenvalue weighted by atomic mass is 10.0. The Bertz CT molecular complexity index is 456. The number of rotatable bonds is 6. The van der Waals surface area contributed by atoms with Crippen molar-refractivity contribution in [3.05, 3.63) is 17.9 Å². The van der Waals surface area contributed by atoms with Crippen LogP contribution >= 0.6 is 0 Å². The van der Waals surface area contributed by atoms with Crippen LogP contribution in [0.5, 0.6) is 0 Å². The van der Waals surface area contributed by atoms with Gasteiger partial charge < -0.3 is 13.9 Å². The SMILES string of the molecule is COC(=O)C(CCc1coc([Si](C)(C)C)c1)C(=O)OC. The van der Waals surface area contributed by atoms with Gasteiger partial charge in [-0.2, -0.15) is 0 Å². The second kappa shape index (κ2) is 6.74. The second-order valence-electron chi connectivity index (χ2n) is 5.71. The van der Waals surface area contributed by atoms with E-state index in [1.165, 1.54) is 14.2 Å². The molecular weight excluding hydrogens is 276 g/mol. The Morgan fingerprint density at radius 2 is 1.75 bits per heavy atom. The number of furan rings is 1. The molecule has 0 saturated heterocycles. The summed E-state index contributed by atoms with van der Waals surface area (Å²) in [5.74, 6) is -2.01. The quantitative estimate of drug-likeness (QED) is 0.454. The maximum absolute atomic E-state index is 11.6. The fourth-order valence-electron chi connectivity index (χ4n) is 1.83. The van der Waals surface area contributed by atoms with E-state index in [0.29, 0.717) is 12.8 Å². The average Bonchev–Trinajstić information content (AvgIpc) is 2.86. The minimum absolute atomic E-state index is 0.351. The molecule has 112 valence electrons. The van der Waals surface area contributed by atoms with Crippen LogP contribution in [0.15, 0.2) is 16.7 Å². The molecule has 0 atom stereocenters. The van der Waals surface area contributed by atoms with Gasteiger partial charge in [-0.1, -0.05) is 19.6 Å². The lowest BCUT2D eigenvalue weighted by Gasteiger charge is -2.11. The summed E-state index contributed by atoms with van der Waals surface area (Å²) in [7, 11) is 1.05. The predicted molar refractivity (Wildman–Crippen MR) is 77.5 cm³/mol. The topological polar surface area (TPSA) is 65.7 Å². The van der Waals surface area contributed by atoms with Crippen molar-refractivity contribution in [1.82, 2.24) is 0 Å². The van der Waals surface area contributed by atoms with E-state index in [4.69, 9.17) is 4.42 Å². The molecule has 0 fully saturated rings. The Labute approximate surface area is 120 Å². The highest BCUT2D eigenvalue weighted by Gasteiger charge is 2.28. The van der Waals surface area contributed by atoms with E-state index >= 15 is 0 Å². The number of carbonyl (C=O) groups excluding carboxylic acids is 2. The lowest BCUT2D eigenvalue weighted by molar-refractivity contribution is -0.159. The molecule has 0 unspecified atom stereocenters. The molecule has 0 aliphatic carbocycles. The van der Waals surface area contributed by atoms with Crippen molar-refractivity contribution in [1.29, 1.82) is 0 Å². The maximum atomic E-state index is 11.6. The largest absolute Gasteiger partial charge is 0.474 e. The van der Waals surface area contributed by atoms with Crippen molar-refractivity contribution in [3.8, 4) is 0 Å². The zero-order valence-electron chi connectivity index (χ0n) is 12.7.